The molecule has 0 fully saturated rings. The summed E-state index contributed by atoms with van der Waals surface area (Å²) in [5.41, 5.74) is 8.95. The molecule has 1 aliphatic heterocycles. The smallest absolute Gasteiger partial charge is 0.323 e. The highest BCUT2D eigenvalue weighted by molar-refractivity contribution is 7.92. The molecule has 1 atom stereocenters. The van der Waals surface area contributed by atoms with Gasteiger partial charge in [-0.25, -0.2) is 13.2 Å². The second-order valence-electron chi connectivity index (χ2n) is 10.4. The Morgan fingerprint density at radius 1 is 0.886 bits per heavy atom. The molecule has 2 amide bonds. The monoisotopic (exact) mass is 605 g/mol. The topological polar surface area (TPSA) is 171 Å². The van der Waals surface area contributed by atoms with E-state index in [9.17, 15) is 13.2 Å². The van der Waals surface area contributed by atoms with Gasteiger partial charge < -0.3 is 21.7 Å². The lowest BCUT2D eigenvalue weighted by Gasteiger charge is -2.35. The third-order valence-electron chi connectivity index (χ3n) is 7.49. The Kier molecular flexibility index (Phi) is 6.70. The molecule has 6 N–H and O–H groups in total. The predicted molar refractivity (Wildman–Crippen MR) is 171 cm³/mol. The molecule has 0 bridgehead atoms. The van der Waals surface area contributed by atoms with E-state index >= 15 is 0 Å². The number of rotatable bonds is 6. The van der Waals surface area contributed by atoms with Crippen LogP contribution in [-0.2, 0) is 16.4 Å². The maximum absolute atomic E-state index is 14.0. The van der Waals surface area contributed by atoms with Crippen molar-refractivity contribution in [2.45, 2.75) is 17.4 Å². The summed E-state index contributed by atoms with van der Waals surface area (Å²) < 4.78 is 29.4. The average molecular weight is 606 g/mol. The van der Waals surface area contributed by atoms with Crippen molar-refractivity contribution >= 4 is 66.7 Å². The minimum Gasteiger partial charge on any atom is -0.368 e. The number of fused-ring (bicyclic) bond motifs is 3. The van der Waals surface area contributed by atoms with Crippen LogP contribution in [0.25, 0.3) is 21.8 Å². The fourth-order valence-electron chi connectivity index (χ4n) is 5.43. The maximum Gasteiger partial charge on any atom is 0.323 e. The first kappa shape index (κ1) is 27.2. The van der Waals surface area contributed by atoms with Crippen molar-refractivity contribution in [2.75, 3.05) is 32.5 Å². The number of carbonyl (C=O) groups is 1. The lowest BCUT2D eigenvalue weighted by Crippen LogP contribution is -2.45. The second-order valence-corrected chi connectivity index (χ2v) is 12.3. The molecule has 13 heteroatoms. The first-order chi connectivity index (χ1) is 21.3. The predicted octanol–water partition coefficient (Wildman–Crippen LogP) is 4.96. The van der Waals surface area contributed by atoms with Crippen LogP contribution in [0.2, 0.25) is 0 Å². The zero-order valence-corrected chi connectivity index (χ0v) is 24.0. The van der Waals surface area contributed by atoms with Crippen LogP contribution in [0.5, 0.6) is 0 Å². The zero-order valence-electron chi connectivity index (χ0n) is 23.2. The Labute approximate surface area is 252 Å². The molecule has 0 aliphatic carbocycles. The van der Waals surface area contributed by atoms with Crippen molar-refractivity contribution < 1.29 is 13.2 Å². The van der Waals surface area contributed by atoms with E-state index in [0.717, 1.165) is 16.3 Å². The third kappa shape index (κ3) is 5.20. The number of hydrogen-bond acceptors (Lipinski definition) is 8. The first-order valence-corrected chi connectivity index (χ1v) is 15.3. The number of nitrogens with one attached hydrogen (secondary N) is 4. The number of urea groups is 1. The largest absolute Gasteiger partial charge is 0.368 e. The zero-order chi connectivity index (χ0) is 30.3. The highest BCUT2D eigenvalue weighted by Gasteiger charge is 2.33. The van der Waals surface area contributed by atoms with Gasteiger partial charge in [0.05, 0.1) is 34.8 Å². The number of sulfonamides is 1. The Bertz CT molecular complexity index is 2130. The molecule has 220 valence electrons. The molecule has 44 heavy (non-hydrogen) atoms. The van der Waals surface area contributed by atoms with Crippen molar-refractivity contribution in [3.8, 4) is 0 Å². The van der Waals surface area contributed by atoms with Crippen LogP contribution in [-0.4, -0.2) is 47.2 Å². The number of nitrogens with two attached hydrogens (primary N) is 1. The molecule has 0 radical (unpaired) electrons. The standard InChI is InChI=1S/C31H27N9O3S/c32-30-37-28(26-17-33-39-29(26)38-30)34-24-16-21-7-3-4-8-27(21)40(18-24)44(42,43)25-13-11-22(12-14-25)35-31(41)36-23-10-9-19-5-1-2-6-20(19)15-23/h1-15,17,24H,16,18H2,(H2,35,36,41)(H4,32,33,34,37,38,39). The molecular weight excluding hydrogens is 578 g/mol. The van der Waals surface area contributed by atoms with E-state index < -0.39 is 16.1 Å². The van der Waals surface area contributed by atoms with E-state index in [1.165, 1.54) is 16.4 Å². The number of para-hydroxylation sites is 1. The van der Waals surface area contributed by atoms with Gasteiger partial charge in [-0.15, -0.1) is 0 Å². The summed E-state index contributed by atoms with van der Waals surface area (Å²) in [5.74, 6) is 0.546. The van der Waals surface area contributed by atoms with Gasteiger partial charge in [-0.1, -0.05) is 48.5 Å². The summed E-state index contributed by atoms with van der Waals surface area (Å²) in [6.45, 7) is 0.150. The maximum atomic E-state index is 14.0. The molecule has 4 aromatic carbocycles. The Hall–Kier alpha value is -5.69. The van der Waals surface area contributed by atoms with Crippen LogP contribution >= 0.6 is 0 Å². The van der Waals surface area contributed by atoms with E-state index in [-0.39, 0.29) is 23.4 Å². The molecule has 0 saturated carbocycles. The van der Waals surface area contributed by atoms with E-state index in [4.69, 9.17) is 5.73 Å². The van der Waals surface area contributed by atoms with Gasteiger partial charge in [0.1, 0.15) is 5.82 Å². The number of anilines is 5. The quantitative estimate of drug-likeness (QED) is 0.177. The summed E-state index contributed by atoms with van der Waals surface area (Å²) in [5, 5.41) is 18.5. The van der Waals surface area contributed by atoms with Crippen molar-refractivity contribution in [1.29, 1.82) is 0 Å². The van der Waals surface area contributed by atoms with Crippen molar-refractivity contribution in [1.82, 2.24) is 20.2 Å². The Balaban J connectivity index is 1.09. The molecule has 2 aromatic heterocycles. The minimum atomic E-state index is -3.97. The highest BCUT2D eigenvalue weighted by Crippen LogP contribution is 2.34. The summed E-state index contributed by atoms with van der Waals surface area (Å²) in [7, 11) is -3.97. The number of aromatic nitrogens is 4. The molecule has 7 rings (SSSR count). The number of H-pyrrole nitrogens is 1. The Morgan fingerprint density at radius 3 is 2.45 bits per heavy atom. The normalized spacial score (nSPS) is 14.7. The van der Waals surface area contributed by atoms with Gasteiger partial charge in [-0.3, -0.25) is 9.40 Å². The lowest BCUT2D eigenvalue weighted by atomic mass is 9.99. The third-order valence-corrected chi connectivity index (χ3v) is 9.28. The average Bonchev–Trinajstić information content (AvgIpc) is 3.50. The summed E-state index contributed by atoms with van der Waals surface area (Å²) in [4.78, 5) is 21.2. The van der Waals surface area contributed by atoms with E-state index in [1.54, 1.807) is 24.4 Å². The van der Waals surface area contributed by atoms with Crippen LogP contribution in [0.15, 0.2) is 102 Å². The lowest BCUT2D eigenvalue weighted by molar-refractivity contribution is 0.262. The van der Waals surface area contributed by atoms with Crippen LogP contribution < -0.4 is 26.0 Å². The number of amides is 2. The van der Waals surface area contributed by atoms with Gasteiger partial charge in [-0.2, -0.15) is 15.1 Å². The fraction of sp³-hybridized carbons (Fsp3) is 0.0968. The molecule has 12 nitrogen and oxygen atoms in total. The fourth-order valence-corrected chi connectivity index (χ4v) is 6.98. The number of benzene rings is 4. The number of hydrogen-bond donors (Lipinski definition) is 5. The first-order valence-electron chi connectivity index (χ1n) is 13.8. The van der Waals surface area contributed by atoms with E-state index in [2.05, 4.69) is 36.1 Å². The van der Waals surface area contributed by atoms with Crippen LogP contribution in [0, 0.1) is 0 Å². The summed E-state index contributed by atoms with van der Waals surface area (Å²) >= 11 is 0. The number of nitrogen functional groups attached to an aromatic ring is 1. The molecule has 0 spiro atoms. The highest BCUT2D eigenvalue weighted by atomic mass is 32.2. The van der Waals surface area contributed by atoms with Crippen molar-refractivity contribution in [2.24, 2.45) is 0 Å². The van der Waals surface area contributed by atoms with E-state index in [0.29, 0.717) is 40.3 Å². The molecule has 3 heterocycles. The SMILES string of the molecule is Nc1nc(NC2Cc3ccccc3N(S(=O)(=O)c3ccc(NC(=O)Nc4ccc5ccccc5c4)cc3)C2)c2cn[nH]c2n1. The minimum absolute atomic E-state index is 0.0737. The van der Waals surface area contributed by atoms with Crippen LogP contribution in [0.1, 0.15) is 5.56 Å². The number of aromatic amines is 1. The van der Waals surface area contributed by atoms with Gasteiger partial charge in [0.25, 0.3) is 10.0 Å². The molecule has 1 unspecified atom stereocenters. The Morgan fingerprint density at radius 2 is 1.61 bits per heavy atom. The number of nitrogens with zero attached hydrogens (tertiary/aromatic N) is 4. The van der Waals surface area contributed by atoms with Crippen LogP contribution in [0.3, 0.4) is 0 Å². The van der Waals surface area contributed by atoms with Gasteiger partial charge in [-0.05, 0) is 65.2 Å². The van der Waals surface area contributed by atoms with Gasteiger partial charge in [0.2, 0.25) is 5.95 Å². The number of carbonyl (C=O) groups excluding carboxylic acids is 1. The second kappa shape index (κ2) is 10.9. The summed E-state index contributed by atoms with van der Waals surface area (Å²) in [6, 6.07) is 26.3. The van der Waals surface area contributed by atoms with Gasteiger partial charge in [0, 0.05) is 11.4 Å². The van der Waals surface area contributed by atoms with Gasteiger partial charge >= 0.3 is 6.03 Å². The molecular formula is C31H27N9O3S. The molecule has 0 saturated heterocycles. The molecule has 6 aromatic rings. The van der Waals surface area contributed by atoms with Crippen molar-refractivity contribution in [3.05, 3.63) is 103 Å². The van der Waals surface area contributed by atoms with Gasteiger partial charge in [0.15, 0.2) is 5.65 Å². The molecule has 1 aliphatic rings. The van der Waals surface area contributed by atoms with Crippen LogP contribution in [0.4, 0.5) is 33.6 Å². The van der Waals surface area contributed by atoms with E-state index in [1.807, 2.05) is 60.7 Å². The summed E-state index contributed by atoms with van der Waals surface area (Å²) in [6.07, 6.45) is 2.17. The van der Waals surface area contributed by atoms with Crippen molar-refractivity contribution in [3.63, 3.8) is 0 Å².